The molecular weight excluding hydrogens is 906 g/mol. The van der Waals surface area contributed by atoms with Crippen LogP contribution in [0.25, 0.3) is 0 Å². The molecule has 0 heterocycles. The van der Waals surface area contributed by atoms with Crippen LogP contribution in [0.15, 0.2) is 0 Å². The van der Waals surface area contributed by atoms with Crippen LogP contribution in [0.1, 0.15) is 328 Å². The van der Waals surface area contributed by atoms with Gasteiger partial charge in [-0.05, 0) is 12.8 Å². The Kier molecular flexibility index (Phi) is 53.1. The molecule has 10 heteroatoms. The van der Waals surface area contributed by atoms with Crippen LogP contribution in [0.4, 0.5) is 0 Å². The van der Waals surface area contributed by atoms with E-state index in [1.807, 2.05) is 21.1 Å². The summed E-state index contributed by atoms with van der Waals surface area (Å²) in [7, 11) is 1.50. The lowest BCUT2D eigenvalue weighted by atomic mass is 10.0. The highest BCUT2D eigenvalue weighted by atomic mass is 31.2. The molecule has 0 aromatic carbocycles. The summed E-state index contributed by atoms with van der Waals surface area (Å²) in [5.41, 5.74) is 0. The molecule has 0 rings (SSSR count). The standard InChI is InChI=1S/C61H122NO8P/c1-6-8-10-12-14-16-18-19-20-21-22-23-24-25-26-27-28-29-30-31-32-33-34-35-36-37-38-39-40-41-42-43-44-46-48-50-52-54-61(64)70-59(58-69-71(65,66)68-56-55-62(3,4)5)57-67-60(63)53-51-49-47-45-17-15-13-11-9-7-2/h59H,6-58H2,1-5H3/p+1. The summed E-state index contributed by atoms with van der Waals surface area (Å²) in [5, 5.41) is 0. The number of phosphoric acid groups is 1. The van der Waals surface area contributed by atoms with Crippen molar-refractivity contribution >= 4 is 19.8 Å². The number of rotatable bonds is 59. The highest BCUT2D eigenvalue weighted by Crippen LogP contribution is 2.43. The second-order valence-corrected chi connectivity index (χ2v) is 24.3. The van der Waals surface area contributed by atoms with Crippen molar-refractivity contribution in [3.05, 3.63) is 0 Å². The quantitative estimate of drug-likeness (QED) is 0.0278. The van der Waals surface area contributed by atoms with Crippen LogP contribution in [0.5, 0.6) is 0 Å². The first kappa shape index (κ1) is 70.0. The van der Waals surface area contributed by atoms with Crippen LogP contribution >= 0.6 is 7.82 Å². The first-order valence-corrected chi connectivity index (χ1v) is 32.8. The zero-order valence-corrected chi connectivity index (χ0v) is 49.1. The minimum Gasteiger partial charge on any atom is -0.462 e. The molecule has 0 aliphatic rings. The molecule has 0 spiro atoms. The fourth-order valence-corrected chi connectivity index (χ4v) is 10.3. The number of hydrogen-bond donors (Lipinski definition) is 1. The lowest BCUT2D eigenvalue weighted by Gasteiger charge is -2.24. The Balaban J connectivity index is 3.80. The maximum atomic E-state index is 12.8. The van der Waals surface area contributed by atoms with E-state index in [0.29, 0.717) is 17.4 Å². The van der Waals surface area contributed by atoms with Crippen molar-refractivity contribution < 1.29 is 42.1 Å². The Morgan fingerprint density at radius 1 is 0.380 bits per heavy atom. The third kappa shape index (κ3) is 58.1. The smallest absolute Gasteiger partial charge is 0.462 e. The zero-order chi connectivity index (χ0) is 52.0. The Bertz CT molecular complexity index is 1160. The van der Waals surface area contributed by atoms with Gasteiger partial charge in [0.1, 0.15) is 19.8 Å². The van der Waals surface area contributed by atoms with E-state index in [1.54, 1.807) is 0 Å². The summed E-state index contributed by atoms with van der Waals surface area (Å²) in [6.45, 7) is 4.47. The van der Waals surface area contributed by atoms with E-state index < -0.39 is 26.5 Å². The number of carbonyl (C=O) groups excluding carboxylic acids is 2. The van der Waals surface area contributed by atoms with E-state index in [1.165, 1.54) is 263 Å². The first-order chi connectivity index (χ1) is 34.5. The van der Waals surface area contributed by atoms with Crippen molar-refractivity contribution in [2.24, 2.45) is 0 Å². The molecule has 1 N–H and O–H groups in total. The van der Waals surface area contributed by atoms with Crippen molar-refractivity contribution in [2.45, 2.75) is 335 Å². The molecular formula is C61H123NO8P+. The van der Waals surface area contributed by atoms with E-state index in [4.69, 9.17) is 18.5 Å². The maximum absolute atomic E-state index is 12.8. The molecule has 9 nitrogen and oxygen atoms in total. The molecule has 424 valence electrons. The Labute approximate surface area is 442 Å². The number of phosphoric ester groups is 1. The van der Waals surface area contributed by atoms with Crippen LogP contribution in [-0.2, 0) is 32.7 Å². The predicted molar refractivity (Wildman–Crippen MR) is 303 cm³/mol. The summed E-state index contributed by atoms with van der Waals surface area (Å²) in [5.74, 6) is -0.779. The number of nitrogens with zero attached hydrogens (tertiary/aromatic N) is 1. The number of hydrogen-bond acceptors (Lipinski definition) is 7. The van der Waals surface area contributed by atoms with E-state index in [9.17, 15) is 19.0 Å². The number of unbranched alkanes of at least 4 members (excludes halogenated alkanes) is 45. The van der Waals surface area contributed by atoms with Gasteiger partial charge in [0.05, 0.1) is 27.7 Å². The normalized spacial score (nSPS) is 13.2. The monoisotopic (exact) mass is 1030 g/mol. The highest BCUT2D eigenvalue weighted by Gasteiger charge is 2.27. The number of likely N-dealkylation sites (N-methyl/N-ethyl adjacent to an activating group) is 1. The van der Waals surface area contributed by atoms with Gasteiger partial charge < -0.3 is 18.9 Å². The van der Waals surface area contributed by atoms with Crippen molar-refractivity contribution in [2.75, 3.05) is 47.5 Å². The van der Waals surface area contributed by atoms with Crippen molar-refractivity contribution in [1.82, 2.24) is 0 Å². The van der Waals surface area contributed by atoms with Crippen LogP contribution in [0.2, 0.25) is 0 Å². The summed E-state index contributed by atoms with van der Waals surface area (Å²) in [6.07, 6.45) is 62.3. The SMILES string of the molecule is CCCCCCCCCCCCCCCCCCCCCCCCCCCCCCCCCCCCCCCC(=O)OC(COC(=O)CCCCCCCCCCCC)COP(=O)(O)OCC[N+](C)(C)C. The molecule has 71 heavy (non-hydrogen) atoms. The fraction of sp³-hybridized carbons (Fsp3) is 0.967. The molecule has 0 bridgehead atoms. The average molecular weight is 1030 g/mol. The van der Waals surface area contributed by atoms with E-state index in [2.05, 4.69) is 13.8 Å². The molecule has 0 amide bonds. The number of carbonyl (C=O) groups is 2. The summed E-state index contributed by atoms with van der Waals surface area (Å²) in [6, 6.07) is 0. The van der Waals surface area contributed by atoms with Gasteiger partial charge in [-0.1, -0.05) is 303 Å². The molecule has 0 aliphatic carbocycles. The molecule has 2 atom stereocenters. The van der Waals surface area contributed by atoms with Gasteiger partial charge in [0.25, 0.3) is 0 Å². The van der Waals surface area contributed by atoms with E-state index >= 15 is 0 Å². The second kappa shape index (κ2) is 53.8. The van der Waals surface area contributed by atoms with E-state index in [-0.39, 0.29) is 25.6 Å². The molecule has 0 fully saturated rings. The average Bonchev–Trinajstić information content (AvgIpc) is 3.33. The fourth-order valence-electron chi connectivity index (χ4n) is 9.55. The first-order valence-electron chi connectivity index (χ1n) is 31.3. The van der Waals surface area contributed by atoms with Gasteiger partial charge >= 0.3 is 19.8 Å². The van der Waals surface area contributed by atoms with Crippen LogP contribution < -0.4 is 0 Å². The molecule has 0 aromatic heterocycles. The largest absolute Gasteiger partial charge is 0.472 e. The minimum absolute atomic E-state index is 0.0371. The third-order valence-corrected chi connectivity index (χ3v) is 15.4. The number of esters is 2. The van der Waals surface area contributed by atoms with Crippen molar-refractivity contribution in [1.29, 1.82) is 0 Å². The highest BCUT2D eigenvalue weighted by molar-refractivity contribution is 7.47. The van der Waals surface area contributed by atoms with Gasteiger partial charge in [-0.2, -0.15) is 0 Å². The van der Waals surface area contributed by atoms with Gasteiger partial charge in [0.2, 0.25) is 0 Å². The molecule has 0 saturated carbocycles. The van der Waals surface area contributed by atoms with E-state index in [0.717, 1.165) is 38.5 Å². The zero-order valence-electron chi connectivity index (χ0n) is 48.3. The van der Waals surface area contributed by atoms with Crippen LogP contribution in [0, 0.1) is 0 Å². The lowest BCUT2D eigenvalue weighted by molar-refractivity contribution is -0.870. The van der Waals surface area contributed by atoms with Gasteiger partial charge in [-0.3, -0.25) is 18.6 Å². The molecule has 0 radical (unpaired) electrons. The molecule has 0 aliphatic heterocycles. The van der Waals surface area contributed by atoms with Gasteiger partial charge in [0, 0.05) is 12.8 Å². The lowest BCUT2D eigenvalue weighted by Crippen LogP contribution is -2.37. The van der Waals surface area contributed by atoms with Crippen LogP contribution in [-0.4, -0.2) is 74.9 Å². The number of ether oxygens (including phenoxy) is 2. The van der Waals surface area contributed by atoms with Crippen LogP contribution in [0.3, 0.4) is 0 Å². The Morgan fingerprint density at radius 3 is 0.901 bits per heavy atom. The second-order valence-electron chi connectivity index (χ2n) is 22.8. The summed E-state index contributed by atoms with van der Waals surface area (Å²) < 4.78 is 34.5. The maximum Gasteiger partial charge on any atom is 0.472 e. The molecule has 0 aromatic rings. The Morgan fingerprint density at radius 2 is 0.634 bits per heavy atom. The van der Waals surface area contributed by atoms with Gasteiger partial charge in [-0.15, -0.1) is 0 Å². The number of quaternary nitrogens is 1. The molecule has 0 saturated heterocycles. The summed E-state index contributed by atoms with van der Waals surface area (Å²) >= 11 is 0. The van der Waals surface area contributed by atoms with Crippen molar-refractivity contribution in [3.63, 3.8) is 0 Å². The Hall–Kier alpha value is -0.990. The predicted octanol–water partition coefficient (Wildman–Crippen LogP) is 19.4. The minimum atomic E-state index is -4.37. The van der Waals surface area contributed by atoms with Crippen molar-refractivity contribution in [3.8, 4) is 0 Å². The molecule has 2 unspecified atom stereocenters. The summed E-state index contributed by atoms with van der Waals surface area (Å²) in [4.78, 5) is 35.5. The van der Waals surface area contributed by atoms with Gasteiger partial charge in [-0.25, -0.2) is 4.57 Å². The third-order valence-electron chi connectivity index (χ3n) is 14.4. The topological polar surface area (TPSA) is 108 Å². The van der Waals surface area contributed by atoms with Gasteiger partial charge in [0.15, 0.2) is 6.10 Å².